The Hall–Kier alpha value is -3.44. The molecule has 0 aromatic heterocycles. The lowest BCUT2D eigenvalue weighted by molar-refractivity contribution is -0.132. The summed E-state index contributed by atoms with van der Waals surface area (Å²) in [6.07, 6.45) is 7.33. The first-order valence-electron chi connectivity index (χ1n) is 15.7. The van der Waals surface area contributed by atoms with E-state index < -0.39 is 17.6 Å². The van der Waals surface area contributed by atoms with Gasteiger partial charge >= 0.3 is 5.97 Å². The zero-order chi connectivity index (χ0) is 31.1. The van der Waals surface area contributed by atoms with Crippen LogP contribution in [-0.4, -0.2) is 103 Å². The molecule has 0 radical (unpaired) electrons. The summed E-state index contributed by atoms with van der Waals surface area (Å²) in [6.45, 7) is 9.19. The molecule has 3 unspecified atom stereocenters. The van der Waals surface area contributed by atoms with Crippen LogP contribution in [0.3, 0.4) is 0 Å². The number of likely N-dealkylation sites (tertiary alicyclic amines) is 1. The van der Waals surface area contributed by atoms with Crippen LogP contribution in [0.1, 0.15) is 36.8 Å². The Kier molecular flexibility index (Phi) is 8.33. The van der Waals surface area contributed by atoms with E-state index in [9.17, 15) is 14.3 Å². The topological polar surface area (TPSA) is 87.1 Å². The van der Waals surface area contributed by atoms with Crippen molar-refractivity contribution in [3.63, 3.8) is 0 Å². The van der Waals surface area contributed by atoms with Crippen molar-refractivity contribution in [1.29, 1.82) is 0 Å². The van der Waals surface area contributed by atoms with Gasteiger partial charge in [-0.3, -0.25) is 14.8 Å². The van der Waals surface area contributed by atoms with Crippen LogP contribution in [0.5, 0.6) is 11.5 Å². The van der Waals surface area contributed by atoms with Crippen LogP contribution in [0.4, 0.5) is 4.39 Å². The van der Waals surface area contributed by atoms with Gasteiger partial charge in [0.1, 0.15) is 11.7 Å². The quantitative estimate of drug-likeness (QED) is 0.448. The number of rotatable bonds is 8. The van der Waals surface area contributed by atoms with E-state index in [2.05, 4.69) is 20.8 Å². The fraction of sp³-hybridized carbons (Fsp3) is 0.471. The maximum absolute atomic E-state index is 14.9. The Balaban J connectivity index is 1.02. The van der Waals surface area contributed by atoms with Crippen molar-refractivity contribution in [2.75, 3.05) is 59.0 Å². The maximum Gasteiger partial charge on any atom is 0.335 e. The molecule has 2 fully saturated rings. The van der Waals surface area contributed by atoms with E-state index in [1.54, 1.807) is 25.1 Å². The number of aliphatic carboxylic acids is 1. The van der Waals surface area contributed by atoms with E-state index in [0.717, 1.165) is 76.7 Å². The van der Waals surface area contributed by atoms with Gasteiger partial charge in [-0.2, -0.15) is 0 Å². The van der Waals surface area contributed by atoms with Crippen LogP contribution < -0.4 is 9.47 Å². The number of piperidine rings is 1. The smallest absolute Gasteiger partial charge is 0.335 e. The number of carboxylic acid groups (broad SMARTS) is 1. The van der Waals surface area contributed by atoms with Gasteiger partial charge in [-0.05, 0) is 68.3 Å². The van der Waals surface area contributed by atoms with Gasteiger partial charge in [-0.1, -0.05) is 29.8 Å². The van der Waals surface area contributed by atoms with Gasteiger partial charge in [-0.15, -0.1) is 0 Å². The molecule has 0 saturated carbocycles. The average Bonchev–Trinajstić information content (AvgIpc) is 3.57. The molecular weight excluding hydrogens is 599 g/mol. The van der Waals surface area contributed by atoms with Gasteiger partial charge in [0, 0.05) is 43.7 Å². The second-order valence-electron chi connectivity index (χ2n) is 12.5. The summed E-state index contributed by atoms with van der Waals surface area (Å²) in [7, 11) is 0. The highest BCUT2D eigenvalue weighted by Crippen LogP contribution is 2.49. The summed E-state index contributed by atoms with van der Waals surface area (Å²) < 4.78 is 33.0. The van der Waals surface area contributed by atoms with E-state index in [-0.39, 0.29) is 18.0 Å². The van der Waals surface area contributed by atoms with Crippen molar-refractivity contribution in [2.24, 2.45) is 4.99 Å². The molecule has 1 aliphatic carbocycles. The fourth-order valence-corrected chi connectivity index (χ4v) is 7.29. The Labute approximate surface area is 267 Å². The molecule has 11 heteroatoms. The number of carbonyl (C=O) groups is 1. The zero-order valence-electron chi connectivity index (χ0n) is 25.3. The molecule has 0 spiro atoms. The SMILES string of the molecule is CC1(c2ccc(Cl)cc2F)Oc2cccc(C3CCN(CC4=NC5C=CC(C(=O)O)=CC5N4CCN4CCOCC4)CC3)c2O1. The molecule has 238 valence electrons. The van der Waals surface area contributed by atoms with Crippen LogP contribution in [-0.2, 0) is 15.3 Å². The highest BCUT2D eigenvalue weighted by atomic mass is 35.5. The van der Waals surface area contributed by atoms with E-state index in [1.807, 2.05) is 24.3 Å². The Morgan fingerprint density at radius 3 is 2.64 bits per heavy atom. The average molecular weight is 637 g/mol. The van der Waals surface area contributed by atoms with Crippen LogP contribution in [0, 0.1) is 5.82 Å². The Bertz CT molecular complexity index is 1550. The first-order valence-corrected chi connectivity index (χ1v) is 16.1. The minimum Gasteiger partial charge on any atom is -0.478 e. The predicted molar refractivity (Wildman–Crippen MR) is 169 cm³/mol. The number of hydrogen-bond acceptors (Lipinski definition) is 8. The highest BCUT2D eigenvalue weighted by Gasteiger charge is 2.43. The minimum absolute atomic E-state index is 0.0748. The number of amidine groups is 1. The largest absolute Gasteiger partial charge is 0.478 e. The number of para-hydroxylation sites is 1. The second-order valence-corrected chi connectivity index (χ2v) is 12.9. The fourth-order valence-electron chi connectivity index (χ4n) is 7.13. The summed E-state index contributed by atoms with van der Waals surface area (Å²) in [5.41, 5.74) is 1.71. The second kappa shape index (κ2) is 12.4. The molecule has 2 saturated heterocycles. The van der Waals surface area contributed by atoms with Gasteiger partial charge in [-0.25, -0.2) is 9.18 Å². The van der Waals surface area contributed by atoms with Gasteiger partial charge in [0.05, 0.1) is 43.0 Å². The summed E-state index contributed by atoms with van der Waals surface area (Å²) in [4.78, 5) is 24.0. The van der Waals surface area contributed by atoms with Crippen LogP contribution in [0.25, 0.3) is 0 Å². The number of nitrogens with zero attached hydrogens (tertiary/aromatic N) is 4. The molecule has 0 bridgehead atoms. The lowest BCUT2D eigenvalue weighted by Gasteiger charge is -2.36. The summed E-state index contributed by atoms with van der Waals surface area (Å²) >= 11 is 5.99. The molecule has 1 N–H and O–H groups in total. The maximum atomic E-state index is 14.9. The third-order valence-electron chi connectivity index (χ3n) is 9.59. The molecule has 45 heavy (non-hydrogen) atoms. The lowest BCUT2D eigenvalue weighted by atomic mass is 9.88. The number of halogens is 2. The molecular formula is C34H38ClFN4O5. The highest BCUT2D eigenvalue weighted by molar-refractivity contribution is 6.30. The molecule has 4 heterocycles. The summed E-state index contributed by atoms with van der Waals surface area (Å²) in [6, 6.07) is 10.3. The summed E-state index contributed by atoms with van der Waals surface area (Å²) in [5, 5.41) is 9.97. The third-order valence-corrected chi connectivity index (χ3v) is 9.83. The third kappa shape index (κ3) is 6.08. The number of morpholine rings is 1. The number of benzene rings is 2. The molecule has 2 aromatic rings. The normalized spacial score (nSPS) is 27.0. The van der Waals surface area contributed by atoms with Crippen molar-refractivity contribution in [3.8, 4) is 11.5 Å². The summed E-state index contributed by atoms with van der Waals surface area (Å²) in [5.74, 6) is -0.0693. The van der Waals surface area contributed by atoms with Crippen molar-refractivity contribution in [1.82, 2.24) is 14.7 Å². The van der Waals surface area contributed by atoms with Crippen molar-refractivity contribution in [2.45, 2.75) is 43.6 Å². The first kappa shape index (κ1) is 30.2. The van der Waals surface area contributed by atoms with Crippen LogP contribution in [0.15, 0.2) is 65.2 Å². The van der Waals surface area contributed by atoms with Crippen LogP contribution >= 0.6 is 11.6 Å². The van der Waals surface area contributed by atoms with E-state index in [1.165, 1.54) is 6.07 Å². The molecule has 5 aliphatic rings. The van der Waals surface area contributed by atoms with Gasteiger partial charge in [0.15, 0.2) is 11.5 Å². The van der Waals surface area contributed by atoms with Crippen molar-refractivity contribution >= 4 is 23.4 Å². The molecule has 0 amide bonds. The zero-order valence-corrected chi connectivity index (χ0v) is 26.1. The van der Waals surface area contributed by atoms with E-state index >= 15 is 0 Å². The number of aliphatic imine (C=N–C) groups is 1. The first-order chi connectivity index (χ1) is 21.8. The standard InChI is InChI=1S/C34H38ClFN4O5/c1-34(26-7-6-24(35)20-27(26)36)44-30-4-2-3-25(32(30)45-34)22-9-11-39(12-10-22)21-31-37-28-8-5-23(33(41)42)19-29(28)40(31)14-13-38-15-17-43-18-16-38/h2-8,19-20,22,28-29H,9-18,21H2,1H3,(H,41,42). The van der Waals surface area contributed by atoms with Crippen molar-refractivity contribution in [3.05, 3.63) is 82.2 Å². The predicted octanol–water partition coefficient (Wildman–Crippen LogP) is 4.67. The van der Waals surface area contributed by atoms with Gasteiger partial charge in [0.25, 0.3) is 5.79 Å². The molecule has 3 atom stereocenters. The van der Waals surface area contributed by atoms with Crippen LogP contribution in [0.2, 0.25) is 5.02 Å². The molecule has 4 aliphatic heterocycles. The van der Waals surface area contributed by atoms with Crippen molar-refractivity contribution < 1.29 is 28.5 Å². The Morgan fingerprint density at radius 1 is 1.09 bits per heavy atom. The number of ether oxygens (including phenoxy) is 3. The van der Waals surface area contributed by atoms with Gasteiger partial charge < -0.3 is 24.2 Å². The van der Waals surface area contributed by atoms with E-state index in [4.69, 9.17) is 30.8 Å². The Morgan fingerprint density at radius 2 is 1.89 bits per heavy atom. The number of hydrogen-bond donors (Lipinski definition) is 1. The monoisotopic (exact) mass is 636 g/mol. The number of fused-ring (bicyclic) bond motifs is 2. The lowest BCUT2D eigenvalue weighted by Crippen LogP contribution is -2.49. The van der Waals surface area contributed by atoms with E-state index in [0.29, 0.717) is 34.2 Å². The van der Waals surface area contributed by atoms with Gasteiger partial charge in [0.2, 0.25) is 0 Å². The molecule has 7 rings (SSSR count). The molecule has 9 nitrogen and oxygen atoms in total. The number of carboxylic acids is 1. The minimum atomic E-state index is -1.28. The molecule has 2 aromatic carbocycles.